The summed E-state index contributed by atoms with van der Waals surface area (Å²) in [5.74, 6) is 0. The Hall–Kier alpha value is -0.230. The van der Waals surface area contributed by atoms with E-state index >= 15 is 0 Å². The van der Waals surface area contributed by atoms with Crippen LogP contribution < -0.4 is 29.6 Å². The van der Waals surface area contributed by atoms with Crippen molar-refractivity contribution in [3.63, 3.8) is 0 Å². The Morgan fingerprint density at radius 1 is 1.08 bits per heavy atom. The first kappa shape index (κ1) is 10.8. The number of nitrogens with zero attached hydrogens (tertiary/aromatic N) is 4. The van der Waals surface area contributed by atoms with Gasteiger partial charge in [-0.3, -0.25) is 0 Å². The van der Waals surface area contributed by atoms with Crippen molar-refractivity contribution in [3.8, 4) is 0 Å². The molecule has 0 aliphatic carbocycles. The molecule has 0 unspecified atom stereocenters. The van der Waals surface area contributed by atoms with Crippen molar-refractivity contribution in [2.75, 3.05) is 0 Å². The third kappa shape index (κ3) is 3.19. The van der Waals surface area contributed by atoms with Crippen LogP contribution in [0.4, 0.5) is 0 Å². The summed E-state index contributed by atoms with van der Waals surface area (Å²) < 4.78 is 0. The summed E-state index contributed by atoms with van der Waals surface area (Å²) in [6.45, 7) is 0. The van der Waals surface area contributed by atoms with Crippen LogP contribution in [0.25, 0.3) is 0 Å². The number of rotatable bonds is 2. The Bertz CT molecular complexity index is 307. The molecule has 0 N–H and O–H groups in total. The molecule has 62 valence electrons. The van der Waals surface area contributed by atoms with Gasteiger partial charge in [0.25, 0.3) is 0 Å². The quantitative estimate of drug-likeness (QED) is 0.623. The molecule has 4 nitrogen and oxygen atoms in total. The summed E-state index contributed by atoms with van der Waals surface area (Å²) in [6.07, 6.45) is 0. The van der Waals surface area contributed by atoms with E-state index in [1.165, 1.54) is 11.8 Å². The van der Waals surface area contributed by atoms with Crippen molar-refractivity contribution >= 4 is 11.8 Å². The van der Waals surface area contributed by atoms with Gasteiger partial charge in [0.15, 0.2) is 0 Å². The van der Waals surface area contributed by atoms with Gasteiger partial charge in [-0.2, -0.15) is 0 Å². The van der Waals surface area contributed by atoms with E-state index in [2.05, 4.69) is 20.7 Å². The van der Waals surface area contributed by atoms with Crippen molar-refractivity contribution in [1.29, 1.82) is 0 Å². The summed E-state index contributed by atoms with van der Waals surface area (Å²) in [5.41, 5.74) is -0.188. The van der Waals surface area contributed by atoms with Gasteiger partial charge in [0.2, 0.25) is 5.50 Å². The average Bonchev–Trinajstić information content (AvgIpc) is 2.59. The van der Waals surface area contributed by atoms with Gasteiger partial charge in [0.05, 0.1) is 0 Å². The zero-order valence-corrected chi connectivity index (χ0v) is 9.98. The Morgan fingerprint density at radius 3 is 2.31 bits per heavy atom. The van der Waals surface area contributed by atoms with Gasteiger partial charge in [0.1, 0.15) is 0 Å². The summed E-state index contributed by atoms with van der Waals surface area (Å²) in [6, 6.07) is 9.95. The topological polar surface area (TPSA) is 49.4 Å². The molecule has 0 aromatic heterocycles. The van der Waals surface area contributed by atoms with Gasteiger partial charge in [-0.25, -0.2) is 0 Å². The number of hydrogen-bond donors (Lipinski definition) is 0. The van der Waals surface area contributed by atoms with E-state index in [-0.39, 0.29) is 36.5 Å². The van der Waals surface area contributed by atoms with Crippen LogP contribution in [0.3, 0.4) is 0 Å². The minimum absolute atomic E-state index is 0. The Kier molecular flexibility index (Phi) is 4.58. The van der Waals surface area contributed by atoms with E-state index in [0.717, 1.165) is 4.90 Å². The fourth-order valence-electron chi connectivity index (χ4n) is 0.826. The molecule has 0 bridgehead atoms. The molecular weight excluding hydrogens is 195 g/mol. The molecule has 0 atom stereocenters. The second-order valence-electron chi connectivity index (χ2n) is 2.17. The van der Waals surface area contributed by atoms with Crippen LogP contribution in [-0.4, -0.2) is 5.50 Å². The monoisotopic (exact) mass is 202 g/mol. The van der Waals surface area contributed by atoms with Crippen LogP contribution in [-0.2, 0) is 0 Å². The van der Waals surface area contributed by atoms with Crippen molar-refractivity contribution in [2.45, 2.75) is 10.4 Å². The standard InChI is InChI=1S/C7H6N4S.Na.H/c1-2-4-6(5-3-1)12-7-8-10-11-9-7;;/h1-5,7H;;/q;+1;-1. The maximum atomic E-state index is 3.79. The maximum Gasteiger partial charge on any atom is 1.00 e. The summed E-state index contributed by atoms with van der Waals surface area (Å²) in [5, 5.41) is 14.4. The van der Waals surface area contributed by atoms with Crippen LogP contribution >= 0.6 is 11.8 Å². The first-order valence-electron chi connectivity index (χ1n) is 3.47. The Labute approximate surface area is 104 Å². The number of benzene rings is 1. The summed E-state index contributed by atoms with van der Waals surface area (Å²) in [7, 11) is 0. The molecule has 0 spiro atoms. The summed E-state index contributed by atoms with van der Waals surface area (Å²) >= 11 is 1.53. The van der Waals surface area contributed by atoms with Crippen molar-refractivity contribution in [3.05, 3.63) is 30.3 Å². The third-order valence-corrected chi connectivity index (χ3v) is 2.27. The predicted octanol–water partition coefficient (Wildman–Crippen LogP) is 0.0118. The molecule has 1 aromatic carbocycles. The maximum absolute atomic E-state index is 3.79. The molecule has 0 fully saturated rings. The van der Waals surface area contributed by atoms with Gasteiger partial charge >= 0.3 is 29.6 Å². The second kappa shape index (κ2) is 5.49. The van der Waals surface area contributed by atoms with Crippen molar-refractivity contribution in [1.82, 2.24) is 0 Å². The summed E-state index contributed by atoms with van der Waals surface area (Å²) in [4.78, 5) is 1.13. The molecule has 0 amide bonds. The molecule has 1 heterocycles. The Morgan fingerprint density at radius 2 is 1.69 bits per heavy atom. The molecule has 2 rings (SSSR count). The van der Waals surface area contributed by atoms with E-state index in [0.29, 0.717) is 0 Å². The molecule has 6 heteroatoms. The smallest absolute Gasteiger partial charge is 1.00 e. The molecule has 1 aromatic rings. The largest absolute Gasteiger partial charge is 1.00 e. The molecule has 0 saturated heterocycles. The minimum Gasteiger partial charge on any atom is -1.00 e. The average molecular weight is 202 g/mol. The SMILES string of the molecule is [H-].[Na+].c1ccc(SC2N=NN=N2)cc1. The van der Waals surface area contributed by atoms with E-state index in [9.17, 15) is 0 Å². The molecule has 13 heavy (non-hydrogen) atoms. The zero-order valence-electron chi connectivity index (χ0n) is 8.16. The van der Waals surface area contributed by atoms with E-state index in [1.807, 2.05) is 30.3 Å². The molecule has 1 aliphatic heterocycles. The van der Waals surface area contributed by atoms with Crippen molar-refractivity contribution < 1.29 is 31.0 Å². The van der Waals surface area contributed by atoms with Crippen LogP contribution in [0, 0.1) is 0 Å². The second-order valence-corrected chi connectivity index (χ2v) is 3.30. The van der Waals surface area contributed by atoms with Crippen LogP contribution in [0.5, 0.6) is 0 Å². The molecule has 0 radical (unpaired) electrons. The van der Waals surface area contributed by atoms with Gasteiger partial charge in [-0.1, -0.05) is 30.0 Å². The van der Waals surface area contributed by atoms with Gasteiger partial charge in [-0.05, 0) is 22.6 Å². The van der Waals surface area contributed by atoms with Crippen LogP contribution in [0.1, 0.15) is 1.43 Å². The third-order valence-electron chi connectivity index (χ3n) is 1.33. The van der Waals surface area contributed by atoms with Crippen molar-refractivity contribution in [2.24, 2.45) is 20.7 Å². The molecule has 1 aliphatic rings. The van der Waals surface area contributed by atoms with Gasteiger partial charge < -0.3 is 1.43 Å². The zero-order chi connectivity index (χ0) is 8.23. The number of hydrogen-bond acceptors (Lipinski definition) is 5. The van der Waals surface area contributed by atoms with Gasteiger partial charge in [-0.15, -0.1) is 10.2 Å². The molecule has 0 saturated carbocycles. The minimum atomic E-state index is -0.188. The fourth-order valence-corrected chi connectivity index (χ4v) is 1.56. The van der Waals surface area contributed by atoms with E-state index in [1.54, 1.807) is 0 Å². The first-order valence-corrected chi connectivity index (χ1v) is 4.35. The first-order chi connectivity index (χ1) is 5.95. The Balaban J connectivity index is 0.000000845. The predicted molar refractivity (Wildman–Crippen MR) is 46.9 cm³/mol. The van der Waals surface area contributed by atoms with Gasteiger partial charge in [0, 0.05) is 4.90 Å². The van der Waals surface area contributed by atoms with Crippen LogP contribution in [0.15, 0.2) is 55.9 Å². The number of thioether (sulfide) groups is 1. The van der Waals surface area contributed by atoms with E-state index < -0.39 is 0 Å². The normalized spacial score (nSPS) is 14.5. The molecular formula is C7H7N4NaS. The van der Waals surface area contributed by atoms with Crippen LogP contribution in [0.2, 0.25) is 0 Å². The van der Waals surface area contributed by atoms with E-state index in [4.69, 9.17) is 0 Å². The fraction of sp³-hybridized carbons (Fsp3) is 0.143.